The van der Waals surface area contributed by atoms with Crippen LogP contribution in [0.3, 0.4) is 0 Å². The van der Waals surface area contributed by atoms with Crippen molar-refractivity contribution in [2.75, 3.05) is 11.9 Å². The topological polar surface area (TPSA) is 47.6 Å². The van der Waals surface area contributed by atoms with Gasteiger partial charge in [0.2, 0.25) is 0 Å². The number of hydrogen-bond donors (Lipinski definition) is 1. The van der Waals surface area contributed by atoms with E-state index in [2.05, 4.69) is 33.0 Å². The molecule has 0 bridgehead atoms. The molecule has 0 aliphatic carbocycles. The number of aryl methyl sites for hydroxylation is 2. The van der Waals surface area contributed by atoms with Crippen molar-refractivity contribution in [1.82, 2.24) is 0 Å². The Morgan fingerprint density at radius 2 is 1.77 bits per heavy atom. The lowest BCUT2D eigenvalue weighted by atomic mass is 9.97. The molecule has 0 radical (unpaired) electrons. The summed E-state index contributed by atoms with van der Waals surface area (Å²) in [6.07, 6.45) is 4.76. The van der Waals surface area contributed by atoms with Gasteiger partial charge in [-0.15, -0.1) is 0 Å². The molecule has 0 saturated carbocycles. The number of benzene rings is 1. The van der Waals surface area contributed by atoms with Crippen molar-refractivity contribution in [2.24, 2.45) is 0 Å². The third kappa shape index (κ3) is 6.31. The summed E-state index contributed by atoms with van der Waals surface area (Å²) in [5, 5.41) is 3.06. The van der Waals surface area contributed by atoms with Crippen LogP contribution in [-0.2, 0) is 9.53 Å². The molecule has 1 N–H and O–H groups in total. The molecule has 1 aromatic carbocycles. The van der Waals surface area contributed by atoms with E-state index in [1.807, 2.05) is 32.9 Å². The first kappa shape index (κ1) is 22.5. The van der Waals surface area contributed by atoms with Crippen LogP contribution in [0.25, 0.3) is 0 Å². The average molecular weight is 364 g/mol. The van der Waals surface area contributed by atoms with E-state index in [1.165, 1.54) is 0 Å². The van der Waals surface area contributed by atoms with Crippen molar-refractivity contribution in [3.05, 3.63) is 23.3 Å². The van der Waals surface area contributed by atoms with Crippen LogP contribution in [0, 0.1) is 13.8 Å². The Balaban J connectivity index is 2.96. The third-order valence-electron chi connectivity index (χ3n) is 4.72. The van der Waals surface area contributed by atoms with Crippen LogP contribution in [0.1, 0.15) is 77.8 Å². The van der Waals surface area contributed by atoms with Crippen LogP contribution in [0.5, 0.6) is 5.75 Å². The van der Waals surface area contributed by atoms with Crippen molar-refractivity contribution >= 4 is 11.6 Å². The highest BCUT2D eigenvalue weighted by Crippen LogP contribution is 2.30. The summed E-state index contributed by atoms with van der Waals surface area (Å²) in [7, 11) is 0. The van der Waals surface area contributed by atoms with Gasteiger partial charge in [-0.1, -0.05) is 33.6 Å². The lowest BCUT2D eigenvalue weighted by Gasteiger charge is -2.29. The zero-order valence-electron chi connectivity index (χ0n) is 17.7. The number of carbonyl (C=O) groups is 1. The standard InChI is InChI=1S/C22H37NO3/c1-8-11-12-22(7,25-13-9-2)21(24)23-19-14-16(4)20(17(5)15-19)26-18(6)10-3/h14-15,18H,8-13H2,1-7H3,(H,23,24)/t18-,22+/m1/s1. The van der Waals surface area contributed by atoms with Gasteiger partial charge >= 0.3 is 0 Å². The third-order valence-corrected chi connectivity index (χ3v) is 4.72. The summed E-state index contributed by atoms with van der Waals surface area (Å²) in [6.45, 7) is 14.9. The molecule has 1 amide bonds. The summed E-state index contributed by atoms with van der Waals surface area (Å²) < 4.78 is 12.0. The fraction of sp³-hybridized carbons (Fsp3) is 0.682. The SMILES string of the molecule is CCCC[C@](C)(OCCC)C(=O)Nc1cc(C)c(O[C@H](C)CC)c(C)c1. The van der Waals surface area contributed by atoms with Gasteiger partial charge in [0.15, 0.2) is 0 Å². The van der Waals surface area contributed by atoms with Crippen LogP contribution in [0.15, 0.2) is 12.1 Å². The summed E-state index contributed by atoms with van der Waals surface area (Å²) in [5.74, 6) is 0.835. The first-order chi connectivity index (χ1) is 12.3. The Hall–Kier alpha value is -1.55. The zero-order valence-corrected chi connectivity index (χ0v) is 17.7. The molecule has 0 aliphatic heterocycles. The zero-order chi connectivity index (χ0) is 19.7. The van der Waals surface area contributed by atoms with E-state index in [0.717, 1.165) is 54.7 Å². The second-order valence-electron chi connectivity index (χ2n) is 7.41. The molecule has 0 heterocycles. The number of anilines is 1. The first-order valence-corrected chi connectivity index (χ1v) is 10.0. The molecule has 2 atom stereocenters. The Bertz CT molecular complexity index is 552. The maximum atomic E-state index is 12.9. The van der Waals surface area contributed by atoms with Gasteiger partial charge in [-0.05, 0) is 70.2 Å². The number of carbonyl (C=O) groups excluding carboxylic acids is 1. The van der Waals surface area contributed by atoms with Crippen molar-refractivity contribution < 1.29 is 14.3 Å². The highest BCUT2D eigenvalue weighted by atomic mass is 16.5. The van der Waals surface area contributed by atoms with Gasteiger partial charge in [0.25, 0.3) is 5.91 Å². The molecule has 0 unspecified atom stereocenters. The van der Waals surface area contributed by atoms with Crippen LogP contribution in [0.2, 0.25) is 0 Å². The molecule has 0 aromatic heterocycles. The normalized spacial score (nSPS) is 14.6. The van der Waals surface area contributed by atoms with E-state index in [9.17, 15) is 4.79 Å². The van der Waals surface area contributed by atoms with E-state index in [1.54, 1.807) is 0 Å². The molecule has 0 saturated heterocycles. The average Bonchev–Trinajstić information content (AvgIpc) is 2.60. The second kappa shape index (κ2) is 10.6. The minimum absolute atomic E-state index is 0.0752. The highest BCUT2D eigenvalue weighted by Gasteiger charge is 2.33. The number of ether oxygens (including phenoxy) is 2. The number of amides is 1. The predicted molar refractivity (Wildman–Crippen MR) is 109 cm³/mol. The number of hydrogen-bond acceptors (Lipinski definition) is 3. The molecule has 0 fully saturated rings. The van der Waals surface area contributed by atoms with Crippen LogP contribution >= 0.6 is 0 Å². The van der Waals surface area contributed by atoms with Gasteiger partial charge in [-0.3, -0.25) is 4.79 Å². The van der Waals surface area contributed by atoms with Gasteiger partial charge < -0.3 is 14.8 Å². The van der Waals surface area contributed by atoms with Crippen LogP contribution < -0.4 is 10.1 Å². The van der Waals surface area contributed by atoms with Crippen LogP contribution in [-0.4, -0.2) is 24.2 Å². The quantitative estimate of drug-likeness (QED) is 0.541. The fourth-order valence-electron chi connectivity index (χ4n) is 2.85. The van der Waals surface area contributed by atoms with Crippen molar-refractivity contribution in [2.45, 2.75) is 92.3 Å². The van der Waals surface area contributed by atoms with E-state index in [-0.39, 0.29) is 12.0 Å². The van der Waals surface area contributed by atoms with Gasteiger partial charge in [-0.2, -0.15) is 0 Å². The van der Waals surface area contributed by atoms with E-state index < -0.39 is 5.60 Å². The Kier molecular flexibility index (Phi) is 9.14. The number of unbranched alkanes of at least 4 members (excludes halogenated alkanes) is 1. The molecule has 1 rings (SSSR count). The monoisotopic (exact) mass is 363 g/mol. The molecule has 1 aromatic rings. The van der Waals surface area contributed by atoms with Crippen molar-refractivity contribution in [3.63, 3.8) is 0 Å². The smallest absolute Gasteiger partial charge is 0.256 e. The minimum atomic E-state index is -0.792. The molecule has 4 heteroatoms. The van der Waals surface area contributed by atoms with E-state index >= 15 is 0 Å². The summed E-state index contributed by atoms with van der Waals surface area (Å²) >= 11 is 0. The lowest BCUT2D eigenvalue weighted by Crippen LogP contribution is -2.43. The molecular formula is C22H37NO3. The van der Waals surface area contributed by atoms with Crippen molar-refractivity contribution in [1.29, 1.82) is 0 Å². The Morgan fingerprint density at radius 3 is 2.27 bits per heavy atom. The summed E-state index contributed by atoms with van der Waals surface area (Å²) in [4.78, 5) is 12.9. The number of nitrogens with one attached hydrogen (secondary N) is 1. The largest absolute Gasteiger partial charge is 0.490 e. The molecule has 0 aliphatic rings. The lowest BCUT2D eigenvalue weighted by molar-refractivity contribution is -0.140. The Labute approximate surface area is 159 Å². The van der Waals surface area contributed by atoms with Crippen molar-refractivity contribution in [3.8, 4) is 5.75 Å². The summed E-state index contributed by atoms with van der Waals surface area (Å²) in [5.41, 5.74) is 2.07. The summed E-state index contributed by atoms with van der Waals surface area (Å²) in [6, 6.07) is 3.95. The van der Waals surface area contributed by atoms with Gasteiger partial charge in [0.1, 0.15) is 11.4 Å². The molecule has 148 valence electrons. The minimum Gasteiger partial charge on any atom is -0.490 e. The maximum Gasteiger partial charge on any atom is 0.256 e. The van der Waals surface area contributed by atoms with E-state index in [0.29, 0.717) is 6.61 Å². The van der Waals surface area contributed by atoms with Crippen LogP contribution in [0.4, 0.5) is 5.69 Å². The van der Waals surface area contributed by atoms with Gasteiger partial charge in [0.05, 0.1) is 6.10 Å². The maximum absolute atomic E-state index is 12.9. The molecule has 4 nitrogen and oxygen atoms in total. The van der Waals surface area contributed by atoms with Gasteiger partial charge in [0, 0.05) is 12.3 Å². The molecule has 0 spiro atoms. The van der Waals surface area contributed by atoms with E-state index in [4.69, 9.17) is 9.47 Å². The highest BCUT2D eigenvalue weighted by molar-refractivity contribution is 5.97. The predicted octanol–water partition coefficient (Wildman–Crippen LogP) is 5.79. The second-order valence-corrected chi connectivity index (χ2v) is 7.41. The first-order valence-electron chi connectivity index (χ1n) is 10.0. The Morgan fingerprint density at radius 1 is 1.15 bits per heavy atom. The molecule has 26 heavy (non-hydrogen) atoms. The van der Waals surface area contributed by atoms with Gasteiger partial charge in [-0.25, -0.2) is 0 Å². The fourth-order valence-corrected chi connectivity index (χ4v) is 2.85. The molecular weight excluding hydrogens is 326 g/mol. The number of rotatable bonds is 11.